The molecule has 230 valence electrons. The Morgan fingerprint density at radius 3 is 2.25 bits per heavy atom. The van der Waals surface area contributed by atoms with E-state index in [1.54, 1.807) is 40.1 Å². The van der Waals surface area contributed by atoms with Crippen molar-refractivity contribution >= 4 is 58.0 Å². The molecule has 2 saturated heterocycles. The minimum Gasteiger partial charge on any atom is -0.368 e. The lowest BCUT2D eigenvalue weighted by Gasteiger charge is -2.27. The van der Waals surface area contributed by atoms with E-state index >= 15 is 0 Å². The van der Waals surface area contributed by atoms with Gasteiger partial charge >= 0.3 is 0 Å². The number of nitro groups is 1. The summed E-state index contributed by atoms with van der Waals surface area (Å²) in [5.74, 6) is -0.777. The van der Waals surface area contributed by atoms with Crippen molar-refractivity contribution in [2.24, 2.45) is 0 Å². The molecule has 0 bridgehead atoms. The lowest BCUT2D eigenvalue weighted by molar-refractivity contribution is -0.384. The van der Waals surface area contributed by atoms with Crippen LogP contribution in [0.5, 0.6) is 0 Å². The first-order valence-electron chi connectivity index (χ1n) is 14.4. The summed E-state index contributed by atoms with van der Waals surface area (Å²) in [6, 6.07) is 15.4. The molecule has 0 atom stereocenters. The van der Waals surface area contributed by atoms with Gasteiger partial charge in [0.15, 0.2) is 0 Å². The first-order valence-corrected chi connectivity index (χ1v) is 15.2. The van der Waals surface area contributed by atoms with Gasteiger partial charge in [-0.05, 0) is 67.9 Å². The van der Waals surface area contributed by atoms with Gasteiger partial charge in [-0.1, -0.05) is 23.2 Å². The Hall–Kier alpha value is -4.19. The van der Waals surface area contributed by atoms with Crippen LogP contribution in [0.4, 0.5) is 17.1 Å². The maximum atomic E-state index is 13.5. The predicted octanol–water partition coefficient (Wildman–Crippen LogP) is 4.94. The zero-order valence-electron chi connectivity index (χ0n) is 23.9. The van der Waals surface area contributed by atoms with Gasteiger partial charge in [-0.25, -0.2) is 0 Å². The van der Waals surface area contributed by atoms with E-state index in [4.69, 9.17) is 23.2 Å². The summed E-state index contributed by atoms with van der Waals surface area (Å²) in [5, 5.41) is 18.0. The minimum atomic E-state index is -0.526. The minimum absolute atomic E-state index is 0.120. The van der Waals surface area contributed by atoms with Crippen LogP contribution < -0.4 is 15.5 Å². The zero-order chi connectivity index (χ0) is 31.2. The van der Waals surface area contributed by atoms with Crippen molar-refractivity contribution in [2.75, 3.05) is 62.6 Å². The number of rotatable bonds is 6. The fourth-order valence-corrected chi connectivity index (χ4v) is 5.89. The molecule has 11 nitrogen and oxygen atoms in total. The molecule has 44 heavy (non-hydrogen) atoms. The van der Waals surface area contributed by atoms with E-state index in [1.165, 1.54) is 24.3 Å². The molecule has 2 aliphatic rings. The van der Waals surface area contributed by atoms with Gasteiger partial charge in [-0.3, -0.25) is 24.5 Å². The number of amides is 3. The molecule has 0 aliphatic carbocycles. The molecule has 0 unspecified atom stereocenters. The number of hydrogen-bond acceptors (Lipinski definition) is 7. The molecule has 2 N–H and O–H groups in total. The lowest BCUT2D eigenvalue weighted by Crippen LogP contribution is -2.36. The summed E-state index contributed by atoms with van der Waals surface area (Å²) in [6.45, 7) is 4.76. The highest BCUT2D eigenvalue weighted by Gasteiger charge is 2.25. The summed E-state index contributed by atoms with van der Waals surface area (Å²) >= 11 is 12.3. The average molecular weight is 640 g/mol. The standard InChI is InChI=1S/C31H32Cl2N6O5/c32-23-6-9-25(26(33)20-23)31(42)38-15-2-14-36(17-18-38)28-10-5-22(30(41)37-13-1-11-34-12-16-37)19-27(28)35-29(40)21-3-7-24(8-4-21)39(43)44/h3-10,19-20,34H,1-2,11-18H2,(H,35,40). The average Bonchev–Trinajstić information content (AvgIpc) is 3.44. The fraction of sp³-hybridized carbons (Fsp3) is 0.323. The molecule has 0 spiro atoms. The highest BCUT2D eigenvalue weighted by atomic mass is 35.5. The number of hydrogen-bond donors (Lipinski definition) is 2. The Labute approximate surface area is 264 Å². The lowest BCUT2D eigenvalue weighted by atomic mass is 10.1. The van der Waals surface area contributed by atoms with Gasteiger partial charge in [-0.2, -0.15) is 0 Å². The Bertz CT molecular complexity index is 1560. The number of carbonyl (C=O) groups excluding carboxylic acids is 3. The molecule has 0 aromatic heterocycles. The van der Waals surface area contributed by atoms with Gasteiger partial charge in [0.1, 0.15) is 0 Å². The van der Waals surface area contributed by atoms with Crippen LogP contribution in [0.3, 0.4) is 0 Å². The van der Waals surface area contributed by atoms with Crippen LogP contribution >= 0.6 is 23.2 Å². The van der Waals surface area contributed by atoms with Crippen LogP contribution in [0.25, 0.3) is 0 Å². The molecular formula is C31H32Cl2N6O5. The zero-order valence-corrected chi connectivity index (χ0v) is 25.4. The Morgan fingerprint density at radius 1 is 0.773 bits per heavy atom. The third-order valence-electron chi connectivity index (χ3n) is 7.74. The van der Waals surface area contributed by atoms with E-state index in [1.807, 2.05) is 6.07 Å². The summed E-state index contributed by atoms with van der Waals surface area (Å²) in [5.41, 5.74) is 2.08. The number of benzene rings is 3. The molecule has 2 heterocycles. The Morgan fingerprint density at radius 2 is 1.50 bits per heavy atom. The summed E-state index contributed by atoms with van der Waals surface area (Å²) < 4.78 is 0. The summed E-state index contributed by atoms with van der Waals surface area (Å²) in [4.78, 5) is 56.2. The van der Waals surface area contributed by atoms with Gasteiger partial charge in [0.25, 0.3) is 23.4 Å². The summed E-state index contributed by atoms with van der Waals surface area (Å²) in [7, 11) is 0. The molecule has 13 heteroatoms. The van der Waals surface area contributed by atoms with Crippen LogP contribution in [0.15, 0.2) is 60.7 Å². The molecule has 3 aromatic carbocycles. The molecule has 0 saturated carbocycles. The molecule has 2 fully saturated rings. The van der Waals surface area contributed by atoms with Crippen molar-refractivity contribution in [3.8, 4) is 0 Å². The maximum absolute atomic E-state index is 13.5. The highest BCUT2D eigenvalue weighted by Crippen LogP contribution is 2.30. The molecule has 3 aromatic rings. The SMILES string of the molecule is O=C(Nc1cc(C(=O)N2CCCNCC2)ccc1N1CCCN(C(=O)c2ccc(Cl)cc2Cl)CC1)c1ccc([N+](=O)[O-])cc1. The number of anilines is 2. The van der Waals surface area contributed by atoms with Gasteiger partial charge in [0, 0.05) is 74.1 Å². The van der Waals surface area contributed by atoms with E-state index < -0.39 is 10.8 Å². The molecule has 3 amide bonds. The molecular weight excluding hydrogens is 607 g/mol. The van der Waals surface area contributed by atoms with E-state index in [2.05, 4.69) is 15.5 Å². The number of carbonyl (C=O) groups is 3. The van der Waals surface area contributed by atoms with Gasteiger partial charge in [0.05, 0.1) is 26.9 Å². The monoisotopic (exact) mass is 638 g/mol. The number of non-ortho nitro benzene ring substituents is 1. The Kier molecular flexibility index (Phi) is 9.99. The van der Waals surface area contributed by atoms with Crippen molar-refractivity contribution in [1.82, 2.24) is 15.1 Å². The second kappa shape index (κ2) is 14.1. The number of halogens is 2. The van der Waals surface area contributed by atoms with E-state index in [-0.39, 0.29) is 23.1 Å². The first kappa shape index (κ1) is 31.2. The third-order valence-corrected chi connectivity index (χ3v) is 8.29. The smallest absolute Gasteiger partial charge is 0.269 e. The predicted molar refractivity (Wildman–Crippen MR) is 170 cm³/mol. The topological polar surface area (TPSA) is 128 Å². The quantitative estimate of drug-likeness (QED) is 0.289. The van der Waals surface area contributed by atoms with E-state index in [0.29, 0.717) is 84.8 Å². The van der Waals surface area contributed by atoms with Crippen molar-refractivity contribution in [2.45, 2.75) is 12.8 Å². The first-order chi connectivity index (χ1) is 21.2. The highest BCUT2D eigenvalue weighted by molar-refractivity contribution is 6.36. The molecule has 5 rings (SSSR count). The van der Waals surface area contributed by atoms with Crippen LogP contribution in [0.1, 0.15) is 43.9 Å². The Balaban J connectivity index is 1.40. The third kappa shape index (κ3) is 7.29. The molecule has 2 aliphatic heterocycles. The van der Waals surface area contributed by atoms with Crippen LogP contribution in [-0.2, 0) is 0 Å². The van der Waals surface area contributed by atoms with E-state index in [9.17, 15) is 24.5 Å². The maximum Gasteiger partial charge on any atom is 0.269 e. The normalized spacial score (nSPS) is 15.7. The largest absolute Gasteiger partial charge is 0.368 e. The second-order valence-corrected chi connectivity index (χ2v) is 11.5. The van der Waals surface area contributed by atoms with Gasteiger partial charge in [-0.15, -0.1) is 0 Å². The summed E-state index contributed by atoms with van der Waals surface area (Å²) in [6.07, 6.45) is 1.51. The fourth-order valence-electron chi connectivity index (χ4n) is 5.40. The van der Waals surface area contributed by atoms with Crippen molar-refractivity contribution in [1.29, 1.82) is 0 Å². The van der Waals surface area contributed by atoms with Crippen LogP contribution in [0.2, 0.25) is 10.0 Å². The van der Waals surface area contributed by atoms with Crippen molar-refractivity contribution in [3.05, 3.63) is 97.5 Å². The number of nitro benzene ring substituents is 1. The number of nitrogens with one attached hydrogen (secondary N) is 2. The van der Waals surface area contributed by atoms with Crippen molar-refractivity contribution in [3.63, 3.8) is 0 Å². The van der Waals surface area contributed by atoms with Crippen LogP contribution in [-0.4, -0.2) is 84.8 Å². The van der Waals surface area contributed by atoms with Gasteiger partial charge in [0.2, 0.25) is 0 Å². The van der Waals surface area contributed by atoms with Gasteiger partial charge < -0.3 is 25.3 Å². The van der Waals surface area contributed by atoms with Crippen LogP contribution in [0, 0.1) is 10.1 Å². The number of nitrogens with zero attached hydrogens (tertiary/aromatic N) is 4. The second-order valence-electron chi connectivity index (χ2n) is 10.6. The van der Waals surface area contributed by atoms with Crippen molar-refractivity contribution < 1.29 is 19.3 Å². The van der Waals surface area contributed by atoms with E-state index in [0.717, 1.165) is 13.0 Å². The molecule has 0 radical (unpaired) electrons.